The molecule has 19 heavy (non-hydrogen) atoms. The van der Waals surface area contributed by atoms with E-state index in [1.807, 2.05) is 0 Å². The van der Waals surface area contributed by atoms with Gasteiger partial charge in [-0.05, 0) is 0 Å². The van der Waals surface area contributed by atoms with Gasteiger partial charge >= 0.3 is 11.9 Å². The average Bonchev–Trinajstić information content (AvgIpc) is 2.31. The quantitative estimate of drug-likeness (QED) is 0.100. The van der Waals surface area contributed by atoms with E-state index < -0.39 is 18.4 Å². The summed E-state index contributed by atoms with van der Waals surface area (Å²) < 4.78 is 0. The largest absolute Gasteiger partial charge is 0.481 e. The van der Waals surface area contributed by atoms with E-state index in [0.29, 0.717) is 0 Å². The SMILES string of the molecule is C=C(CC(=O)O)C(=O)O.N=NC=NN.N=NC=NN. The van der Waals surface area contributed by atoms with Crippen LogP contribution in [0.2, 0.25) is 0 Å². The molecule has 0 aromatic carbocycles. The lowest BCUT2D eigenvalue weighted by Crippen LogP contribution is -2.04. The van der Waals surface area contributed by atoms with Crippen LogP contribution in [0.5, 0.6) is 0 Å². The van der Waals surface area contributed by atoms with Gasteiger partial charge in [0.1, 0.15) is 0 Å². The Hall–Kier alpha value is -3.18. The van der Waals surface area contributed by atoms with Crippen LogP contribution in [0.25, 0.3) is 0 Å². The second kappa shape index (κ2) is 17.2. The van der Waals surface area contributed by atoms with Crippen molar-refractivity contribution in [1.29, 1.82) is 11.1 Å². The number of aliphatic carboxylic acids is 2. The first-order chi connectivity index (χ1) is 8.87. The Kier molecular flexibility index (Phi) is 19.2. The molecule has 12 nitrogen and oxygen atoms in total. The van der Waals surface area contributed by atoms with E-state index in [1.54, 1.807) is 0 Å². The second-order valence-corrected chi connectivity index (χ2v) is 2.27. The van der Waals surface area contributed by atoms with Crippen LogP contribution in [-0.2, 0) is 9.59 Å². The van der Waals surface area contributed by atoms with Crippen LogP contribution in [-0.4, -0.2) is 34.8 Å². The molecule has 0 aromatic rings. The van der Waals surface area contributed by atoms with E-state index in [1.165, 1.54) is 0 Å². The van der Waals surface area contributed by atoms with E-state index in [4.69, 9.17) is 21.3 Å². The number of nitrogens with two attached hydrogens (primary N) is 2. The fourth-order valence-corrected chi connectivity index (χ4v) is 0.325. The van der Waals surface area contributed by atoms with Gasteiger partial charge in [-0.2, -0.15) is 10.2 Å². The number of hydrogen-bond donors (Lipinski definition) is 6. The minimum atomic E-state index is -1.27. The highest BCUT2D eigenvalue weighted by Gasteiger charge is 2.07. The van der Waals surface area contributed by atoms with Crippen molar-refractivity contribution in [1.82, 2.24) is 0 Å². The molecule has 0 radical (unpaired) electrons. The van der Waals surface area contributed by atoms with Gasteiger partial charge in [0, 0.05) is 5.57 Å². The molecule has 0 atom stereocenters. The van der Waals surface area contributed by atoms with Gasteiger partial charge in [-0.25, -0.2) is 15.9 Å². The lowest BCUT2D eigenvalue weighted by molar-refractivity contribution is -0.139. The van der Waals surface area contributed by atoms with Crippen LogP contribution in [0, 0.1) is 11.1 Å². The highest BCUT2D eigenvalue weighted by atomic mass is 16.4. The third-order valence-electron chi connectivity index (χ3n) is 0.916. The fourth-order valence-electron chi connectivity index (χ4n) is 0.325. The first-order valence-electron chi connectivity index (χ1n) is 4.16. The number of hydrogen-bond acceptors (Lipinski definition) is 8. The van der Waals surface area contributed by atoms with Crippen molar-refractivity contribution in [3.63, 3.8) is 0 Å². The van der Waals surface area contributed by atoms with Crippen molar-refractivity contribution < 1.29 is 19.8 Å². The lowest BCUT2D eigenvalue weighted by Gasteiger charge is -1.91. The minimum absolute atomic E-state index is 0.303. The monoisotopic (exact) mass is 274 g/mol. The topological polar surface area (TPSA) is 224 Å². The molecular weight excluding hydrogens is 260 g/mol. The molecule has 0 spiro atoms. The summed E-state index contributed by atoms with van der Waals surface area (Å²) in [4.78, 5) is 19.7. The average molecular weight is 274 g/mol. The normalized spacial score (nSPS) is 8.63. The van der Waals surface area contributed by atoms with Crippen LogP contribution in [0.4, 0.5) is 0 Å². The molecule has 0 fully saturated rings. The molecule has 0 aliphatic heterocycles. The predicted molar refractivity (Wildman–Crippen MR) is 64.7 cm³/mol. The third-order valence-corrected chi connectivity index (χ3v) is 0.916. The highest BCUT2D eigenvalue weighted by Crippen LogP contribution is 1.95. The number of carboxylic acids is 2. The van der Waals surface area contributed by atoms with Crippen LogP contribution >= 0.6 is 0 Å². The van der Waals surface area contributed by atoms with Crippen LogP contribution in [0.1, 0.15) is 6.42 Å². The minimum Gasteiger partial charge on any atom is -0.481 e. The molecule has 0 rings (SSSR count). The van der Waals surface area contributed by atoms with Crippen molar-refractivity contribution in [3.8, 4) is 0 Å². The molecule has 0 unspecified atom stereocenters. The molecule has 0 heterocycles. The molecule has 0 amide bonds. The van der Waals surface area contributed by atoms with Gasteiger partial charge < -0.3 is 21.9 Å². The molecule has 0 bridgehead atoms. The van der Waals surface area contributed by atoms with Crippen LogP contribution in [0.15, 0.2) is 32.6 Å². The standard InChI is InChI=1S/C5H6O4.2CH4N4/c1-3(5(8)9)2-4(6)7;2*2-4-1-5-3/h1-2H2,(H,6,7)(H,8,9);2*1-2H,3H2. The Morgan fingerprint density at radius 1 is 1.11 bits per heavy atom. The van der Waals surface area contributed by atoms with Crippen LogP contribution in [0.3, 0.4) is 0 Å². The third kappa shape index (κ3) is 31.3. The molecule has 0 saturated carbocycles. The molecule has 106 valence electrons. The zero-order valence-corrected chi connectivity index (χ0v) is 9.72. The van der Waals surface area contributed by atoms with Gasteiger partial charge in [-0.1, -0.05) is 6.58 Å². The maximum Gasteiger partial charge on any atom is 0.331 e. The van der Waals surface area contributed by atoms with Crippen molar-refractivity contribution >= 4 is 24.6 Å². The van der Waals surface area contributed by atoms with Crippen molar-refractivity contribution in [2.75, 3.05) is 0 Å². The summed E-state index contributed by atoms with van der Waals surface area (Å²) in [5.74, 6) is 6.54. The Morgan fingerprint density at radius 3 is 1.53 bits per heavy atom. The summed E-state index contributed by atoms with van der Waals surface area (Å²) in [6, 6.07) is 0. The van der Waals surface area contributed by atoms with Gasteiger partial charge in [-0.3, -0.25) is 4.79 Å². The Bertz CT molecular complexity index is 348. The number of hydrazone groups is 2. The number of nitrogens with zero attached hydrogens (tertiary/aromatic N) is 4. The van der Waals surface area contributed by atoms with Gasteiger partial charge in [0.2, 0.25) is 0 Å². The van der Waals surface area contributed by atoms with E-state index >= 15 is 0 Å². The molecule has 0 aliphatic rings. The Labute approximate surface area is 107 Å². The maximum absolute atomic E-state index is 9.87. The number of rotatable bonds is 5. The van der Waals surface area contributed by atoms with Crippen LogP contribution < -0.4 is 11.7 Å². The molecule has 0 aliphatic carbocycles. The zero-order chi connectivity index (χ0) is 15.7. The predicted octanol–water partition coefficient (Wildman–Crippen LogP) is -0.0594. The van der Waals surface area contributed by atoms with E-state index in [9.17, 15) is 9.59 Å². The van der Waals surface area contributed by atoms with Crippen molar-refractivity contribution in [2.24, 2.45) is 32.1 Å². The number of carbonyl (C=O) groups is 2. The summed E-state index contributed by atoms with van der Waals surface area (Å²) in [5.41, 5.74) is 11.7. The lowest BCUT2D eigenvalue weighted by atomic mass is 10.2. The first kappa shape index (κ1) is 21.1. The molecular formula is C7H14N8O4. The Morgan fingerprint density at radius 2 is 1.47 bits per heavy atom. The number of carboxylic acid groups (broad SMARTS) is 2. The van der Waals surface area contributed by atoms with Gasteiger partial charge in [0.15, 0.2) is 12.7 Å². The van der Waals surface area contributed by atoms with Gasteiger partial charge in [0.05, 0.1) is 6.42 Å². The van der Waals surface area contributed by atoms with Crippen molar-refractivity contribution in [2.45, 2.75) is 6.42 Å². The number of nitrogens with one attached hydrogen (secondary N) is 2. The van der Waals surface area contributed by atoms with Gasteiger partial charge in [-0.15, -0.1) is 10.2 Å². The summed E-state index contributed by atoms with van der Waals surface area (Å²) >= 11 is 0. The fraction of sp³-hybridized carbons (Fsp3) is 0.143. The molecule has 0 aromatic heterocycles. The van der Waals surface area contributed by atoms with E-state index in [2.05, 4.69) is 38.7 Å². The first-order valence-corrected chi connectivity index (χ1v) is 4.16. The smallest absolute Gasteiger partial charge is 0.331 e. The zero-order valence-electron chi connectivity index (χ0n) is 9.72. The summed E-state index contributed by atoms with van der Waals surface area (Å²) in [5, 5.41) is 27.2. The van der Waals surface area contributed by atoms with Gasteiger partial charge in [0.25, 0.3) is 0 Å². The summed E-state index contributed by atoms with van der Waals surface area (Å²) in [6.45, 7) is 3.01. The van der Waals surface area contributed by atoms with E-state index in [-0.39, 0.29) is 5.57 Å². The van der Waals surface area contributed by atoms with Crippen molar-refractivity contribution in [3.05, 3.63) is 12.2 Å². The summed E-state index contributed by atoms with van der Waals surface area (Å²) in [6.07, 6.45) is 1.38. The van der Waals surface area contributed by atoms with E-state index in [0.717, 1.165) is 12.7 Å². The Balaban J connectivity index is -0.000000219. The maximum atomic E-state index is 9.87. The molecule has 8 N–H and O–H groups in total. The molecule has 12 heteroatoms. The highest BCUT2D eigenvalue weighted by molar-refractivity contribution is 5.91. The summed E-state index contributed by atoms with van der Waals surface area (Å²) in [7, 11) is 0. The molecule has 0 saturated heterocycles. The second-order valence-electron chi connectivity index (χ2n) is 2.27.